The Bertz CT molecular complexity index is 2760. The normalized spacial score (nSPS) is 19.0. The van der Waals surface area contributed by atoms with Crippen LogP contribution in [0.1, 0.15) is 118 Å². The lowest BCUT2D eigenvalue weighted by atomic mass is 9.78. The van der Waals surface area contributed by atoms with Gasteiger partial charge in [-0.2, -0.15) is 0 Å². The van der Waals surface area contributed by atoms with E-state index in [4.69, 9.17) is 37.9 Å². The fourth-order valence-electron chi connectivity index (χ4n) is 12.3. The van der Waals surface area contributed by atoms with Gasteiger partial charge in [-0.25, -0.2) is 19.2 Å². The van der Waals surface area contributed by atoms with Crippen LogP contribution in [0.25, 0.3) is 0 Å². The van der Waals surface area contributed by atoms with Crippen molar-refractivity contribution in [1.29, 1.82) is 0 Å². The van der Waals surface area contributed by atoms with Crippen molar-refractivity contribution in [3.05, 3.63) is 91.0 Å². The fraction of sp³-hybridized carbons (Fsp3) is 0.429. The summed E-state index contributed by atoms with van der Waals surface area (Å²) in [5.74, 6) is -14.4. The second-order valence-corrected chi connectivity index (χ2v) is 21.5. The average Bonchev–Trinajstić information content (AvgIpc) is 0.846. The van der Waals surface area contributed by atoms with E-state index in [9.17, 15) is 79.2 Å². The second-order valence-electron chi connectivity index (χ2n) is 21.5. The van der Waals surface area contributed by atoms with Crippen LogP contribution >= 0.6 is 0 Å². The summed E-state index contributed by atoms with van der Waals surface area (Å²) in [5.41, 5.74) is 4.05. The summed E-state index contributed by atoms with van der Waals surface area (Å²) in [5, 5.41) is 89.6. The van der Waals surface area contributed by atoms with Crippen LogP contribution in [0.3, 0.4) is 0 Å². The highest BCUT2D eigenvalue weighted by Gasteiger charge is 2.42. The van der Waals surface area contributed by atoms with Gasteiger partial charge >= 0.3 is 23.9 Å². The molecule has 9 rings (SSSR count). The van der Waals surface area contributed by atoms with E-state index in [1.807, 2.05) is 0 Å². The van der Waals surface area contributed by atoms with Crippen molar-refractivity contribution in [1.82, 2.24) is 0 Å². The molecule has 448 valence electrons. The van der Waals surface area contributed by atoms with Gasteiger partial charge in [0.25, 0.3) is 0 Å². The highest BCUT2D eigenvalue weighted by Crippen LogP contribution is 2.56. The van der Waals surface area contributed by atoms with Crippen LogP contribution in [0.5, 0.6) is 46.0 Å². The monoisotopic (exact) mass is 1170 g/mol. The molecule has 0 saturated carbocycles. The van der Waals surface area contributed by atoms with E-state index < -0.39 is 151 Å². The third kappa shape index (κ3) is 12.3. The maximum Gasteiger partial charge on any atom is 0.359 e. The van der Waals surface area contributed by atoms with Gasteiger partial charge in [-0.05, 0) is 24.3 Å². The van der Waals surface area contributed by atoms with Crippen molar-refractivity contribution in [2.24, 2.45) is 0 Å². The molecule has 28 nitrogen and oxygen atoms in total. The SMILES string of the molecule is CC1c2cc3c4c(C[NH+](CC(=O)[O-])CC(=O)O)c2OCOc2c1cc1c(c2C[NH+](CC(=O)[O-])CC(=O)O)OCOc2c(cc5c(c2C[NH+](CC(=O)[O-])CC(=O)O)OCOc2c(cc(c(c2C[NH+](CC(=O)[O-])CC(=O)O)OCO4)C3C)C5C)C1C. The van der Waals surface area contributed by atoms with Gasteiger partial charge in [0.2, 0.25) is 27.2 Å². The van der Waals surface area contributed by atoms with Crippen molar-refractivity contribution in [3.63, 3.8) is 0 Å². The van der Waals surface area contributed by atoms with Gasteiger partial charge in [0.15, 0.2) is 26.2 Å². The Morgan fingerprint density at radius 1 is 0.333 bits per heavy atom. The van der Waals surface area contributed by atoms with Crippen LogP contribution in [-0.4, -0.2) is 148 Å². The first-order valence-corrected chi connectivity index (χ1v) is 26.7. The molecule has 0 aromatic heterocycles. The molecule has 0 fully saturated rings. The van der Waals surface area contributed by atoms with Gasteiger partial charge in [0.1, 0.15) is 98.4 Å². The minimum absolute atomic E-state index is 0.0171. The van der Waals surface area contributed by atoms with E-state index in [1.165, 1.54) is 0 Å². The summed E-state index contributed by atoms with van der Waals surface area (Å²) < 4.78 is 52.4. The summed E-state index contributed by atoms with van der Waals surface area (Å²) in [6, 6.07) is 7.18. The van der Waals surface area contributed by atoms with Crippen LogP contribution < -0.4 is 77.9 Å². The van der Waals surface area contributed by atoms with E-state index in [0.717, 1.165) is 0 Å². The highest BCUT2D eigenvalue weighted by molar-refractivity contribution is 5.73. The number of carboxylic acids is 8. The number of nitrogens with one attached hydrogen (secondary N) is 4. The van der Waals surface area contributed by atoms with Crippen molar-refractivity contribution in [2.75, 3.05) is 79.5 Å². The van der Waals surface area contributed by atoms with E-state index in [0.29, 0.717) is 44.5 Å². The predicted octanol–water partition coefficient (Wildman–Crippen LogP) is -7.60. The zero-order chi connectivity index (χ0) is 60.6. The van der Waals surface area contributed by atoms with Gasteiger partial charge in [0, 0.05) is 68.2 Å². The first-order chi connectivity index (χ1) is 39.9. The molecule has 0 amide bonds. The summed E-state index contributed by atoms with van der Waals surface area (Å²) in [6.07, 6.45) is 0. The number of ether oxygens (including phenoxy) is 8. The quantitative estimate of drug-likeness (QED) is 0.0323. The molecule has 8 N–H and O–H groups in total. The van der Waals surface area contributed by atoms with Gasteiger partial charge < -0.3 is 118 Å². The Kier molecular flexibility index (Phi) is 17.3. The lowest BCUT2D eigenvalue weighted by Gasteiger charge is -2.36. The molecule has 4 aromatic rings. The predicted molar refractivity (Wildman–Crippen MR) is 269 cm³/mol. The molecule has 28 heteroatoms. The smallest absolute Gasteiger partial charge is 0.359 e. The Hall–Kier alpha value is -9.12. The number of aliphatic carboxylic acids is 8. The fourth-order valence-corrected chi connectivity index (χ4v) is 12.3. The number of carbonyl (C=O) groups excluding carboxylic acids is 4. The first-order valence-electron chi connectivity index (χ1n) is 26.7. The van der Waals surface area contributed by atoms with Crippen LogP contribution in [0.2, 0.25) is 0 Å². The summed E-state index contributed by atoms with van der Waals surface area (Å²) >= 11 is 0. The van der Waals surface area contributed by atoms with Crippen molar-refractivity contribution in [3.8, 4) is 46.0 Å². The minimum atomic E-state index is -1.57. The average molecular weight is 1170 g/mol. The number of carboxylic acid groups (broad SMARTS) is 8. The summed E-state index contributed by atoms with van der Waals surface area (Å²) in [4.78, 5) is 98.7. The minimum Gasteiger partial charge on any atom is -0.544 e. The lowest BCUT2D eigenvalue weighted by Crippen LogP contribution is -3.13. The van der Waals surface area contributed by atoms with E-state index >= 15 is 0 Å². The van der Waals surface area contributed by atoms with Gasteiger partial charge in [-0.15, -0.1) is 0 Å². The number of quaternary nitrogens is 4. The Morgan fingerprint density at radius 2 is 0.488 bits per heavy atom. The summed E-state index contributed by atoms with van der Waals surface area (Å²) in [7, 11) is 0. The Balaban J connectivity index is 1.44. The maximum atomic E-state index is 12.4. The molecular formula is C56H60N4O24. The Labute approximate surface area is 477 Å². The molecule has 4 aromatic carbocycles. The van der Waals surface area contributed by atoms with Crippen LogP contribution in [0, 0.1) is 0 Å². The van der Waals surface area contributed by atoms with Gasteiger partial charge in [-0.3, -0.25) is 0 Å². The number of carbonyl (C=O) groups is 8. The molecule has 0 radical (unpaired) electrons. The van der Waals surface area contributed by atoms with E-state index in [1.54, 1.807) is 52.0 Å². The molecule has 0 spiro atoms. The second kappa shape index (κ2) is 24.4. The number of hydrogen-bond acceptors (Lipinski definition) is 20. The Morgan fingerprint density at radius 3 is 0.619 bits per heavy atom. The van der Waals surface area contributed by atoms with Crippen LogP contribution in [0.15, 0.2) is 24.3 Å². The molecule has 4 unspecified atom stereocenters. The van der Waals surface area contributed by atoms with Crippen molar-refractivity contribution in [2.45, 2.75) is 77.5 Å². The topological polar surface area (TPSA) is 401 Å². The third-order valence-corrected chi connectivity index (χ3v) is 15.8. The standard InChI is InChI=1S/C56H60N4O24/c1-25-29-5-31-26(2)33-7-35-28(4)36-8-34-27(3)32-6-30(25)50-38(10-58(15-43(65)66)16-44(67)68)52(32)80-23-82-54(34)40(12-60(19-47(73)74)20-48(75)76)56(36)84-24-83-55(35)39(11-59(17-45(69)70)18-46(71)72)53(33)81-22-79-51(31)37(49(29)77-21-78-50)9-57(13-41(61)62)14-42(63)64/h5-8,25-28H,9-24H2,1-4H3,(H,61,62)(H,63,64)(H,65,66)(H,67,68)(H,69,70)(H,71,72)(H,73,74)(H,75,76). The third-order valence-electron chi connectivity index (χ3n) is 15.8. The van der Waals surface area contributed by atoms with Gasteiger partial charge in [0.05, 0.1) is 46.1 Å². The molecule has 4 heterocycles. The highest BCUT2D eigenvalue weighted by atomic mass is 16.7. The van der Waals surface area contributed by atoms with E-state index in [2.05, 4.69) is 0 Å². The molecule has 84 heavy (non-hydrogen) atoms. The van der Waals surface area contributed by atoms with Crippen LogP contribution in [0.4, 0.5) is 0 Å². The number of rotatable bonds is 24. The number of benzene rings is 4. The zero-order valence-electron chi connectivity index (χ0n) is 45.9. The molecule has 4 aliphatic heterocycles. The zero-order valence-corrected chi connectivity index (χ0v) is 45.9. The largest absolute Gasteiger partial charge is 0.544 e. The molecule has 1 aliphatic carbocycles. The first kappa shape index (κ1) is 59.5. The molecule has 8 bridgehead atoms. The van der Waals surface area contributed by atoms with E-state index in [-0.39, 0.29) is 114 Å². The molecule has 0 saturated heterocycles. The summed E-state index contributed by atoms with van der Waals surface area (Å²) in [6.45, 7) is -2.80. The molecule has 4 atom stereocenters. The molecule has 5 aliphatic rings. The van der Waals surface area contributed by atoms with Crippen LogP contribution in [-0.2, 0) is 64.5 Å². The number of hydrogen-bond donors (Lipinski definition) is 8. The van der Waals surface area contributed by atoms with Gasteiger partial charge in [-0.1, -0.05) is 27.7 Å². The maximum absolute atomic E-state index is 12.4. The molecular weight excluding hydrogens is 1110 g/mol. The van der Waals surface area contributed by atoms with Crippen molar-refractivity contribution < 1.29 is 137 Å². The lowest BCUT2D eigenvalue weighted by molar-refractivity contribution is -0.900. The van der Waals surface area contributed by atoms with Crippen molar-refractivity contribution >= 4 is 47.8 Å².